The van der Waals surface area contributed by atoms with Gasteiger partial charge in [0.05, 0.1) is 0 Å². The second-order valence-electron chi connectivity index (χ2n) is 5.09. The summed E-state index contributed by atoms with van der Waals surface area (Å²) in [5.41, 5.74) is 4.62. The van der Waals surface area contributed by atoms with Gasteiger partial charge in [-0.2, -0.15) is 0 Å². The highest BCUT2D eigenvalue weighted by molar-refractivity contribution is 6.58. The normalized spacial score (nSPS) is 10.5. The zero-order valence-corrected chi connectivity index (χ0v) is 12.5. The van der Waals surface area contributed by atoms with Gasteiger partial charge in [-0.05, 0) is 45.9 Å². The topological polar surface area (TPSA) is 40.5 Å². The van der Waals surface area contributed by atoms with Gasteiger partial charge in [0.25, 0.3) is 0 Å². The largest absolute Gasteiger partial charge is 0.488 e. The van der Waals surface area contributed by atoms with E-state index in [9.17, 15) is 10.0 Å². The Bertz CT molecular complexity index is 785. The number of benzene rings is 3. The minimum absolute atomic E-state index is 0.481. The first kappa shape index (κ1) is 14.9. The van der Waals surface area contributed by atoms with Gasteiger partial charge in [0, 0.05) is 5.02 Å². The van der Waals surface area contributed by atoms with Crippen molar-refractivity contribution in [3.63, 3.8) is 0 Å². The predicted molar refractivity (Wildman–Crippen MR) is 92.1 cm³/mol. The molecule has 3 rings (SSSR count). The van der Waals surface area contributed by atoms with Crippen molar-refractivity contribution in [1.82, 2.24) is 0 Å². The first-order valence-corrected chi connectivity index (χ1v) is 7.34. The Kier molecular flexibility index (Phi) is 4.30. The van der Waals surface area contributed by atoms with Crippen molar-refractivity contribution in [1.29, 1.82) is 0 Å². The van der Waals surface area contributed by atoms with Crippen molar-refractivity contribution >= 4 is 24.2 Å². The van der Waals surface area contributed by atoms with E-state index in [1.165, 1.54) is 0 Å². The zero-order valence-electron chi connectivity index (χ0n) is 11.8. The lowest BCUT2D eigenvalue weighted by Gasteiger charge is -2.08. The lowest BCUT2D eigenvalue weighted by molar-refractivity contribution is 0.426. The summed E-state index contributed by atoms with van der Waals surface area (Å²) in [6, 6.07) is 23.0. The summed E-state index contributed by atoms with van der Waals surface area (Å²) in [5.74, 6) is 0. The molecule has 108 valence electrons. The highest BCUT2D eigenvalue weighted by atomic mass is 35.5. The summed E-state index contributed by atoms with van der Waals surface area (Å²) in [6.45, 7) is 0. The molecule has 0 fully saturated rings. The maximum absolute atomic E-state index is 9.30. The average molecular weight is 309 g/mol. The van der Waals surface area contributed by atoms with Gasteiger partial charge < -0.3 is 10.0 Å². The Morgan fingerprint density at radius 1 is 0.636 bits per heavy atom. The highest BCUT2D eigenvalue weighted by Crippen LogP contribution is 2.26. The van der Waals surface area contributed by atoms with E-state index in [1.807, 2.05) is 54.6 Å². The van der Waals surface area contributed by atoms with Crippen LogP contribution in [-0.2, 0) is 0 Å². The van der Waals surface area contributed by atoms with E-state index >= 15 is 0 Å². The Morgan fingerprint density at radius 3 is 1.82 bits per heavy atom. The number of hydrogen-bond acceptors (Lipinski definition) is 2. The van der Waals surface area contributed by atoms with Crippen molar-refractivity contribution < 1.29 is 10.0 Å². The van der Waals surface area contributed by atoms with Crippen LogP contribution in [0.25, 0.3) is 22.3 Å². The van der Waals surface area contributed by atoms with Gasteiger partial charge >= 0.3 is 7.12 Å². The van der Waals surface area contributed by atoms with Gasteiger partial charge in [0.15, 0.2) is 0 Å². The van der Waals surface area contributed by atoms with Gasteiger partial charge in [-0.3, -0.25) is 0 Å². The minimum atomic E-state index is -1.46. The first-order valence-electron chi connectivity index (χ1n) is 6.96. The predicted octanol–water partition coefficient (Wildman–Crippen LogP) is 3.35. The van der Waals surface area contributed by atoms with Crippen LogP contribution in [0.1, 0.15) is 0 Å². The second-order valence-corrected chi connectivity index (χ2v) is 5.52. The molecule has 0 heterocycles. The molecule has 2 nitrogen and oxygen atoms in total. The molecule has 0 saturated carbocycles. The average Bonchev–Trinajstić information content (AvgIpc) is 2.56. The van der Waals surface area contributed by atoms with Crippen molar-refractivity contribution in [3.05, 3.63) is 77.8 Å². The SMILES string of the molecule is OB(O)c1cccc(-c2cccc(-c3ccc(Cl)cc3)c2)c1. The molecule has 0 bridgehead atoms. The molecule has 0 saturated heterocycles. The summed E-state index contributed by atoms with van der Waals surface area (Å²) in [6.07, 6.45) is 0. The summed E-state index contributed by atoms with van der Waals surface area (Å²) in [7, 11) is -1.46. The second kappa shape index (κ2) is 6.36. The van der Waals surface area contributed by atoms with Crippen LogP contribution in [0.2, 0.25) is 5.02 Å². The van der Waals surface area contributed by atoms with Crippen LogP contribution in [0.3, 0.4) is 0 Å². The fourth-order valence-electron chi connectivity index (χ4n) is 2.40. The summed E-state index contributed by atoms with van der Waals surface area (Å²) >= 11 is 5.93. The zero-order chi connectivity index (χ0) is 15.5. The first-order chi connectivity index (χ1) is 10.6. The van der Waals surface area contributed by atoms with E-state index in [4.69, 9.17) is 11.6 Å². The highest BCUT2D eigenvalue weighted by Gasteiger charge is 2.11. The molecule has 0 aliphatic heterocycles. The van der Waals surface area contributed by atoms with Crippen LogP contribution < -0.4 is 5.46 Å². The van der Waals surface area contributed by atoms with E-state index in [-0.39, 0.29) is 0 Å². The number of halogens is 1. The summed E-state index contributed by atoms with van der Waals surface area (Å²) in [5, 5.41) is 19.3. The molecule has 0 aromatic heterocycles. The van der Waals surface area contributed by atoms with Gasteiger partial charge in [-0.15, -0.1) is 0 Å². The molecule has 0 spiro atoms. The quantitative estimate of drug-likeness (QED) is 0.729. The molecule has 0 aliphatic carbocycles. The van der Waals surface area contributed by atoms with Crippen LogP contribution in [0.4, 0.5) is 0 Å². The van der Waals surface area contributed by atoms with Crippen LogP contribution >= 0.6 is 11.6 Å². The van der Waals surface area contributed by atoms with E-state index in [0.29, 0.717) is 10.5 Å². The molecule has 3 aromatic rings. The van der Waals surface area contributed by atoms with Crippen LogP contribution in [0, 0.1) is 0 Å². The molecular formula is C18H14BClO2. The third kappa shape index (κ3) is 3.23. The van der Waals surface area contributed by atoms with Crippen molar-refractivity contribution in [2.45, 2.75) is 0 Å². The summed E-state index contributed by atoms with van der Waals surface area (Å²) < 4.78 is 0. The van der Waals surface area contributed by atoms with Gasteiger partial charge in [-0.25, -0.2) is 0 Å². The van der Waals surface area contributed by atoms with E-state index in [2.05, 4.69) is 6.07 Å². The maximum atomic E-state index is 9.30. The van der Waals surface area contributed by atoms with Crippen LogP contribution in [-0.4, -0.2) is 17.2 Å². The molecule has 22 heavy (non-hydrogen) atoms. The Morgan fingerprint density at radius 2 is 1.18 bits per heavy atom. The lowest BCUT2D eigenvalue weighted by Crippen LogP contribution is -2.29. The summed E-state index contributed by atoms with van der Waals surface area (Å²) in [4.78, 5) is 0. The molecular weight excluding hydrogens is 294 g/mol. The Labute approximate surface area is 134 Å². The molecule has 0 aliphatic rings. The molecule has 0 amide bonds. The van der Waals surface area contributed by atoms with E-state index in [1.54, 1.807) is 12.1 Å². The minimum Gasteiger partial charge on any atom is -0.423 e. The smallest absolute Gasteiger partial charge is 0.423 e. The fraction of sp³-hybridized carbons (Fsp3) is 0. The molecule has 2 N–H and O–H groups in total. The van der Waals surface area contributed by atoms with Crippen LogP contribution in [0.5, 0.6) is 0 Å². The Hall–Kier alpha value is -2.07. The van der Waals surface area contributed by atoms with Gasteiger partial charge in [0.2, 0.25) is 0 Å². The van der Waals surface area contributed by atoms with Crippen molar-refractivity contribution in [3.8, 4) is 22.3 Å². The number of rotatable bonds is 3. The van der Waals surface area contributed by atoms with E-state index in [0.717, 1.165) is 22.3 Å². The molecule has 0 unspecified atom stereocenters. The number of hydrogen-bond donors (Lipinski definition) is 2. The van der Waals surface area contributed by atoms with Crippen molar-refractivity contribution in [2.24, 2.45) is 0 Å². The third-order valence-corrected chi connectivity index (χ3v) is 3.81. The fourth-order valence-corrected chi connectivity index (χ4v) is 2.53. The van der Waals surface area contributed by atoms with E-state index < -0.39 is 7.12 Å². The van der Waals surface area contributed by atoms with Crippen molar-refractivity contribution in [2.75, 3.05) is 0 Å². The monoisotopic (exact) mass is 308 g/mol. The Balaban J connectivity index is 2.01. The standard InChI is InChI=1S/C18H14BClO2/c20-18-9-7-13(8-10-18)14-3-1-4-15(11-14)16-5-2-6-17(12-16)19(21)22/h1-12,21-22H. The molecule has 3 aromatic carbocycles. The molecule has 4 heteroatoms. The van der Waals surface area contributed by atoms with Gasteiger partial charge in [-0.1, -0.05) is 66.2 Å². The van der Waals surface area contributed by atoms with Crippen LogP contribution in [0.15, 0.2) is 72.8 Å². The molecule has 0 radical (unpaired) electrons. The maximum Gasteiger partial charge on any atom is 0.488 e. The lowest BCUT2D eigenvalue weighted by atomic mass is 9.79. The molecule has 0 atom stereocenters. The van der Waals surface area contributed by atoms with Gasteiger partial charge in [0.1, 0.15) is 0 Å². The third-order valence-electron chi connectivity index (χ3n) is 3.56.